The van der Waals surface area contributed by atoms with Crippen LogP contribution in [-0.4, -0.2) is 51.0 Å². The highest BCUT2D eigenvalue weighted by Gasteiger charge is 2.32. The number of ether oxygens (including phenoxy) is 2. The Labute approximate surface area is 175 Å². The minimum Gasteiger partial charge on any atom is -0.497 e. The van der Waals surface area contributed by atoms with Crippen molar-refractivity contribution in [1.82, 2.24) is 24.9 Å². The molecule has 0 N–H and O–H groups in total. The van der Waals surface area contributed by atoms with Gasteiger partial charge >= 0.3 is 0 Å². The normalized spacial score (nSPS) is 16.0. The summed E-state index contributed by atoms with van der Waals surface area (Å²) in [6.07, 6.45) is 3.50. The largest absolute Gasteiger partial charge is 0.497 e. The maximum Gasteiger partial charge on any atom is 0.257 e. The number of carbonyl (C=O) groups excluding carboxylic acids is 1. The summed E-state index contributed by atoms with van der Waals surface area (Å²) < 4.78 is 12.3. The number of benzene rings is 1. The van der Waals surface area contributed by atoms with Crippen LogP contribution in [0.2, 0.25) is 0 Å². The fourth-order valence-corrected chi connectivity index (χ4v) is 3.86. The van der Waals surface area contributed by atoms with Crippen LogP contribution in [0.15, 0.2) is 42.6 Å². The van der Waals surface area contributed by atoms with Gasteiger partial charge in [-0.15, -0.1) is 10.2 Å². The van der Waals surface area contributed by atoms with Crippen molar-refractivity contribution < 1.29 is 14.3 Å². The Bertz CT molecular complexity index is 1030. The highest BCUT2D eigenvalue weighted by atomic mass is 16.5. The third kappa shape index (κ3) is 3.72. The minimum absolute atomic E-state index is 0.0250. The van der Waals surface area contributed by atoms with Crippen LogP contribution in [0, 0.1) is 6.92 Å². The second-order valence-electron chi connectivity index (χ2n) is 7.15. The van der Waals surface area contributed by atoms with Gasteiger partial charge in [0.2, 0.25) is 5.88 Å². The second kappa shape index (κ2) is 8.52. The summed E-state index contributed by atoms with van der Waals surface area (Å²) in [5, 5.41) is 12.6. The summed E-state index contributed by atoms with van der Waals surface area (Å²) in [6.45, 7) is 5.00. The number of methoxy groups -OCH3 is 1. The summed E-state index contributed by atoms with van der Waals surface area (Å²) in [5.41, 5.74) is 2.39. The number of nitrogens with zero attached hydrogens (tertiary/aromatic N) is 5. The van der Waals surface area contributed by atoms with E-state index in [9.17, 15) is 4.79 Å². The van der Waals surface area contributed by atoms with Crippen molar-refractivity contribution >= 4 is 5.91 Å². The fraction of sp³-hybridized carbons (Fsp3) is 0.364. The lowest BCUT2D eigenvalue weighted by molar-refractivity contribution is 0.0734. The van der Waals surface area contributed by atoms with Crippen LogP contribution in [0.5, 0.6) is 11.6 Å². The van der Waals surface area contributed by atoms with Gasteiger partial charge in [0.05, 0.1) is 37.2 Å². The van der Waals surface area contributed by atoms with Crippen molar-refractivity contribution in [3.05, 3.63) is 59.4 Å². The van der Waals surface area contributed by atoms with E-state index in [4.69, 9.17) is 9.47 Å². The van der Waals surface area contributed by atoms with Gasteiger partial charge < -0.3 is 14.4 Å². The molecule has 3 aromatic rings. The maximum absolute atomic E-state index is 13.4. The number of rotatable bonds is 6. The molecule has 0 aliphatic carbocycles. The molecule has 0 saturated carbocycles. The van der Waals surface area contributed by atoms with Gasteiger partial charge in [0, 0.05) is 12.6 Å². The van der Waals surface area contributed by atoms with Crippen LogP contribution in [0.1, 0.15) is 47.4 Å². The summed E-state index contributed by atoms with van der Waals surface area (Å²) >= 11 is 0. The Morgan fingerprint density at radius 1 is 1.23 bits per heavy atom. The van der Waals surface area contributed by atoms with Crippen molar-refractivity contribution in [1.29, 1.82) is 0 Å². The maximum atomic E-state index is 13.4. The first-order valence-electron chi connectivity index (χ1n) is 10.1. The SMILES string of the molecule is CCOc1ccc(-n2ncc(C(=O)N3CCCC3c3cccc(OC)c3)c2C)nn1. The van der Waals surface area contributed by atoms with E-state index >= 15 is 0 Å². The van der Waals surface area contributed by atoms with E-state index in [1.807, 2.05) is 43.0 Å². The molecular formula is C22H25N5O3. The van der Waals surface area contributed by atoms with Crippen LogP contribution in [-0.2, 0) is 0 Å². The molecule has 1 aromatic carbocycles. The van der Waals surface area contributed by atoms with E-state index in [0.29, 0.717) is 30.4 Å². The predicted molar refractivity (Wildman–Crippen MR) is 111 cm³/mol. The zero-order chi connectivity index (χ0) is 21.1. The Morgan fingerprint density at radius 3 is 2.83 bits per heavy atom. The molecular weight excluding hydrogens is 382 g/mol. The number of aromatic nitrogens is 4. The zero-order valence-corrected chi connectivity index (χ0v) is 17.4. The topological polar surface area (TPSA) is 82.4 Å². The van der Waals surface area contributed by atoms with E-state index in [1.165, 1.54) is 0 Å². The third-order valence-corrected chi connectivity index (χ3v) is 5.37. The van der Waals surface area contributed by atoms with Gasteiger partial charge in [-0.3, -0.25) is 4.79 Å². The third-order valence-electron chi connectivity index (χ3n) is 5.37. The van der Waals surface area contributed by atoms with Gasteiger partial charge in [-0.05, 0) is 50.5 Å². The quantitative estimate of drug-likeness (QED) is 0.623. The van der Waals surface area contributed by atoms with E-state index < -0.39 is 0 Å². The number of amides is 1. The summed E-state index contributed by atoms with van der Waals surface area (Å²) in [7, 11) is 1.65. The summed E-state index contributed by atoms with van der Waals surface area (Å²) in [5.74, 6) is 1.77. The van der Waals surface area contributed by atoms with Gasteiger partial charge in [-0.25, -0.2) is 4.68 Å². The Hall–Kier alpha value is -3.42. The predicted octanol–water partition coefficient (Wildman–Crippen LogP) is 3.36. The first-order valence-corrected chi connectivity index (χ1v) is 10.1. The highest BCUT2D eigenvalue weighted by Crippen LogP contribution is 2.35. The number of likely N-dealkylation sites (tertiary alicyclic amines) is 1. The lowest BCUT2D eigenvalue weighted by Crippen LogP contribution is -2.30. The van der Waals surface area contributed by atoms with Crippen LogP contribution >= 0.6 is 0 Å². The van der Waals surface area contributed by atoms with Crippen molar-refractivity contribution in [2.75, 3.05) is 20.3 Å². The highest BCUT2D eigenvalue weighted by molar-refractivity contribution is 5.95. The van der Waals surface area contributed by atoms with Crippen molar-refractivity contribution in [3.63, 3.8) is 0 Å². The minimum atomic E-state index is -0.0250. The molecule has 1 saturated heterocycles. The van der Waals surface area contributed by atoms with Crippen LogP contribution in [0.25, 0.3) is 5.82 Å². The van der Waals surface area contributed by atoms with Crippen molar-refractivity contribution in [3.8, 4) is 17.4 Å². The van der Waals surface area contributed by atoms with Crippen LogP contribution < -0.4 is 9.47 Å². The Balaban J connectivity index is 1.58. The van der Waals surface area contributed by atoms with Crippen LogP contribution in [0.4, 0.5) is 0 Å². The van der Waals surface area contributed by atoms with Crippen molar-refractivity contribution in [2.45, 2.75) is 32.7 Å². The summed E-state index contributed by atoms with van der Waals surface area (Å²) in [4.78, 5) is 15.3. The molecule has 1 fully saturated rings. The second-order valence-corrected chi connectivity index (χ2v) is 7.15. The first-order chi connectivity index (χ1) is 14.6. The first kappa shape index (κ1) is 19.9. The molecule has 3 heterocycles. The number of hydrogen-bond acceptors (Lipinski definition) is 6. The molecule has 2 aromatic heterocycles. The van der Waals surface area contributed by atoms with E-state index in [-0.39, 0.29) is 11.9 Å². The smallest absolute Gasteiger partial charge is 0.257 e. The molecule has 156 valence electrons. The lowest BCUT2D eigenvalue weighted by atomic mass is 10.0. The molecule has 0 radical (unpaired) electrons. The fourth-order valence-electron chi connectivity index (χ4n) is 3.86. The van der Waals surface area contributed by atoms with Gasteiger partial charge in [0.1, 0.15) is 5.75 Å². The molecule has 8 heteroatoms. The van der Waals surface area contributed by atoms with E-state index in [2.05, 4.69) is 15.3 Å². The van der Waals surface area contributed by atoms with Gasteiger partial charge in [-0.1, -0.05) is 12.1 Å². The average Bonchev–Trinajstić information content (AvgIpc) is 3.41. The molecule has 30 heavy (non-hydrogen) atoms. The van der Waals surface area contributed by atoms with E-state index in [1.54, 1.807) is 30.1 Å². The standard InChI is InChI=1S/C22H25N5O3/c1-4-30-21-11-10-20(24-25-21)27-15(2)18(14-23-27)22(28)26-12-6-9-19(26)16-7-5-8-17(13-16)29-3/h5,7-8,10-11,13-14,19H,4,6,9,12H2,1-3H3. The molecule has 1 atom stereocenters. The van der Waals surface area contributed by atoms with E-state index in [0.717, 1.165) is 29.8 Å². The monoisotopic (exact) mass is 407 g/mol. The Kier molecular flexibility index (Phi) is 5.65. The van der Waals surface area contributed by atoms with Gasteiger partial charge in [0.15, 0.2) is 5.82 Å². The molecule has 4 rings (SSSR count). The zero-order valence-electron chi connectivity index (χ0n) is 17.4. The molecule has 1 unspecified atom stereocenters. The number of hydrogen-bond donors (Lipinski definition) is 0. The molecule has 1 aliphatic rings. The molecule has 8 nitrogen and oxygen atoms in total. The molecule has 1 aliphatic heterocycles. The average molecular weight is 407 g/mol. The molecule has 1 amide bonds. The number of carbonyl (C=O) groups is 1. The van der Waals surface area contributed by atoms with Crippen molar-refractivity contribution in [2.24, 2.45) is 0 Å². The van der Waals surface area contributed by atoms with Gasteiger partial charge in [-0.2, -0.15) is 5.10 Å². The van der Waals surface area contributed by atoms with Crippen LogP contribution in [0.3, 0.4) is 0 Å². The lowest BCUT2D eigenvalue weighted by Gasteiger charge is -2.25. The summed E-state index contributed by atoms with van der Waals surface area (Å²) in [6, 6.07) is 11.5. The molecule has 0 bridgehead atoms. The van der Waals surface area contributed by atoms with Gasteiger partial charge in [0.25, 0.3) is 5.91 Å². The molecule has 0 spiro atoms. The Morgan fingerprint density at radius 2 is 2.10 bits per heavy atom.